The predicted octanol–water partition coefficient (Wildman–Crippen LogP) is -0.119. The van der Waals surface area contributed by atoms with Gasteiger partial charge in [0.15, 0.2) is 11.3 Å². The molecular formula is C10H10N8O. The van der Waals surface area contributed by atoms with Crippen LogP contribution in [0.15, 0.2) is 37.7 Å². The molecule has 4 rings (SSSR count). The first-order chi connectivity index (χ1) is 8.93. The van der Waals surface area contributed by atoms with Crippen molar-refractivity contribution in [2.45, 2.75) is 0 Å². The fourth-order valence-corrected chi connectivity index (χ4v) is 1.38. The predicted molar refractivity (Wildman–Crippen MR) is 67.0 cm³/mol. The number of fused-ring (bicyclic) bond motifs is 2. The topological polar surface area (TPSA) is 140 Å². The van der Waals surface area contributed by atoms with Crippen LogP contribution >= 0.6 is 0 Å². The molecule has 0 atom stereocenters. The van der Waals surface area contributed by atoms with Crippen LogP contribution in [0, 0.1) is 0 Å². The first-order valence-corrected chi connectivity index (χ1v) is 5.11. The molecule has 0 unspecified atom stereocenters. The maximum absolute atomic E-state index is 3.91. The van der Waals surface area contributed by atoms with Gasteiger partial charge in [-0.3, -0.25) is 0 Å². The number of nitrogens with one attached hydrogen (secondary N) is 2. The molecule has 96 valence electrons. The van der Waals surface area contributed by atoms with Crippen LogP contribution < -0.4 is 0 Å². The molecule has 0 aliphatic rings. The van der Waals surface area contributed by atoms with Crippen LogP contribution in [-0.2, 0) is 0 Å². The van der Waals surface area contributed by atoms with Gasteiger partial charge in [-0.1, -0.05) is 0 Å². The zero-order valence-electron chi connectivity index (χ0n) is 9.65. The highest BCUT2D eigenvalue weighted by Gasteiger charge is 1.91. The van der Waals surface area contributed by atoms with Gasteiger partial charge >= 0.3 is 0 Å². The van der Waals surface area contributed by atoms with Gasteiger partial charge in [0.1, 0.15) is 23.7 Å². The molecule has 0 saturated heterocycles. The fraction of sp³-hybridized carbons (Fsp3) is 0. The summed E-state index contributed by atoms with van der Waals surface area (Å²) in [5.41, 5.74) is 3.17. The van der Waals surface area contributed by atoms with Crippen LogP contribution in [0.2, 0.25) is 0 Å². The Labute approximate surface area is 106 Å². The third-order valence-corrected chi connectivity index (χ3v) is 2.20. The number of imidazole rings is 2. The summed E-state index contributed by atoms with van der Waals surface area (Å²) in [6.07, 6.45) is 9.52. The Bertz CT molecular complexity index is 638. The molecule has 0 saturated carbocycles. The van der Waals surface area contributed by atoms with E-state index in [2.05, 4.69) is 39.9 Å². The third kappa shape index (κ3) is 2.66. The third-order valence-electron chi connectivity index (χ3n) is 2.20. The molecule has 0 aliphatic carbocycles. The zero-order chi connectivity index (χ0) is 12.2. The summed E-state index contributed by atoms with van der Waals surface area (Å²) >= 11 is 0. The number of nitrogens with zero attached hydrogens (tertiary/aromatic N) is 6. The van der Waals surface area contributed by atoms with E-state index in [1.165, 1.54) is 12.7 Å². The molecule has 4 heterocycles. The van der Waals surface area contributed by atoms with Gasteiger partial charge in [-0.05, 0) is 0 Å². The first-order valence-electron chi connectivity index (χ1n) is 5.11. The average Bonchev–Trinajstić information content (AvgIpc) is 3.08. The first kappa shape index (κ1) is 12.5. The van der Waals surface area contributed by atoms with E-state index in [0.717, 1.165) is 11.0 Å². The number of aromatic nitrogens is 8. The van der Waals surface area contributed by atoms with Crippen LogP contribution in [-0.4, -0.2) is 45.3 Å². The minimum atomic E-state index is 0. The summed E-state index contributed by atoms with van der Waals surface area (Å²) in [4.78, 5) is 29.0. The quantitative estimate of drug-likeness (QED) is 0.450. The number of rotatable bonds is 0. The molecule has 4 N–H and O–H groups in total. The van der Waals surface area contributed by atoms with Crippen LogP contribution in [0.1, 0.15) is 0 Å². The van der Waals surface area contributed by atoms with Gasteiger partial charge in [0.05, 0.1) is 25.0 Å². The van der Waals surface area contributed by atoms with Gasteiger partial charge in [0.2, 0.25) is 0 Å². The van der Waals surface area contributed by atoms with Gasteiger partial charge < -0.3 is 15.4 Å². The summed E-state index contributed by atoms with van der Waals surface area (Å²) in [6, 6.07) is 0. The normalized spacial score (nSPS) is 9.68. The lowest BCUT2D eigenvalue weighted by atomic mass is 10.6. The monoisotopic (exact) mass is 258 g/mol. The molecule has 0 bridgehead atoms. The Morgan fingerprint density at radius 2 is 1.16 bits per heavy atom. The Balaban J connectivity index is 0.000000133. The van der Waals surface area contributed by atoms with Crippen molar-refractivity contribution in [3.05, 3.63) is 37.7 Å². The van der Waals surface area contributed by atoms with Gasteiger partial charge in [-0.25, -0.2) is 29.9 Å². The molecular weight excluding hydrogens is 248 g/mol. The Kier molecular flexibility index (Phi) is 3.69. The smallest absolute Gasteiger partial charge is 0.180 e. The van der Waals surface area contributed by atoms with E-state index in [1.54, 1.807) is 25.0 Å². The number of H-pyrrole nitrogens is 2. The summed E-state index contributed by atoms with van der Waals surface area (Å²) in [5, 5.41) is 0. The Morgan fingerprint density at radius 1 is 0.684 bits per heavy atom. The van der Waals surface area contributed by atoms with E-state index in [9.17, 15) is 0 Å². The van der Waals surface area contributed by atoms with Crippen LogP contribution in [0.5, 0.6) is 0 Å². The molecule has 0 fully saturated rings. The van der Waals surface area contributed by atoms with E-state index in [4.69, 9.17) is 0 Å². The molecule has 0 amide bonds. The van der Waals surface area contributed by atoms with E-state index in [0.29, 0.717) is 11.3 Å². The van der Waals surface area contributed by atoms with Crippen LogP contribution in [0.4, 0.5) is 0 Å². The second-order valence-electron chi connectivity index (χ2n) is 3.33. The summed E-state index contributed by atoms with van der Waals surface area (Å²) in [6.45, 7) is 0. The number of hydrogen-bond donors (Lipinski definition) is 2. The highest BCUT2D eigenvalue weighted by molar-refractivity contribution is 5.67. The summed E-state index contributed by atoms with van der Waals surface area (Å²) < 4.78 is 0. The van der Waals surface area contributed by atoms with Crippen molar-refractivity contribution in [3.8, 4) is 0 Å². The SMILES string of the molecule is O.c1ncc2[nH]cnc2n1.c1ncc2[nH]cnc2n1. The average molecular weight is 258 g/mol. The van der Waals surface area contributed by atoms with Crippen molar-refractivity contribution in [2.24, 2.45) is 0 Å². The highest BCUT2D eigenvalue weighted by atomic mass is 16.0. The Morgan fingerprint density at radius 3 is 1.58 bits per heavy atom. The van der Waals surface area contributed by atoms with Gasteiger partial charge in [0, 0.05) is 0 Å². The van der Waals surface area contributed by atoms with E-state index in [1.807, 2.05) is 0 Å². The minimum absolute atomic E-state index is 0. The van der Waals surface area contributed by atoms with Crippen molar-refractivity contribution < 1.29 is 5.48 Å². The molecule has 0 aromatic carbocycles. The second kappa shape index (κ2) is 5.60. The van der Waals surface area contributed by atoms with E-state index >= 15 is 0 Å². The Hall–Kier alpha value is -2.94. The molecule has 0 aliphatic heterocycles. The van der Waals surface area contributed by atoms with Crippen molar-refractivity contribution in [1.82, 2.24) is 39.9 Å². The van der Waals surface area contributed by atoms with Gasteiger partial charge in [-0.15, -0.1) is 0 Å². The summed E-state index contributed by atoms with van der Waals surface area (Å²) in [5.74, 6) is 0. The molecule has 19 heavy (non-hydrogen) atoms. The van der Waals surface area contributed by atoms with E-state index < -0.39 is 0 Å². The van der Waals surface area contributed by atoms with Crippen molar-refractivity contribution in [2.75, 3.05) is 0 Å². The van der Waals surface area contributed by atoms with Gasteiger partial charge in [0.25, 0.3) is 0 Å². The standard InChI is InChI=1S/2C5H4N4.H2O/c2*1-4-5(8-2-6-1)9-3-7-4;/h2*1-3H,(H,6,7,8,9);1H2. The lowest BCUT2D eigenvalue weighted by molar-refractivity contribution is 0.824. The maximum atomic E-state index is 3.91. The maximum Gasteiger partial charge on any atom is 0.180 e. The summed E-state index contributed by atoms with van der Waals surface area (Å²) in [7, 11) is 0. The van der Waals surface area contributed by atoms with E-state index in [-0.39, 0.29) is 5.48 Å². The molecule has 0 radical (unpaired) electrons. The molecule has 4 aromatic heterocycles. The largest absolute Gasteiger partial charge is 0.412 e. The minimum Gasteiger partial charge on any atom is -0.412 e. The van der Waals surface area contributed by atoms with Crippen molar-refractivity contribution in [1.29, 1.82) is 0 Å². The molecule has 9 nitrogen and oxygen atoms in total. The van der Waals surface area contributed by atoms with Gasteiger partial charge in [-0.2, -0.15) is 0 Å². The fourth-order valence-electron chi connectivity index (χ4n) is 1.38. The van der Waals surface area contributed by atoms with Crippen LogP contribution in [0.25, 0.3) is 22.3 Å². The lowest BCUT2D eigenvalue weighted by Gasteiger charge is -1.80. The molecule has 0 spiro atoms. The second-order valence-corrected chi connectivity index (χ2v) is 3.33. The van der Waals surface area contributed by atoms with Crippen LogP contribution in [0.3, 0.4) is 0 Å². The van der Waals surface area contributed by atoms with Crippen molar-refractivity contribution >= 4 is 22.3 Å². The van der Waals surface area contributed by atoms with Crippen molar-refractivity contribution in [3.63, 3.8) is 0 Å². The number of hydrogen-bond acceptors (Lipinski definition) is 6. The highest BCUT2D eigenvalue weighted by Crippen LogP contribution is 1.99. The zero-order valence-corrected chi connectivity index (χ0v) is 9.65. The lowest BCUT2D eigenvalue weighted by Crippen LogP contribution is -1.76. The number of aromatic amines is 2. The molecule has 4 aromatic rings. The molecule has 9 heteroatoms.